The summed E-state index contributed by atoms with van der Waals surface area (Å²) >= 11 is 0. The van der Waals surface area contributed by atoms with E-state index in [0.29, 0.717) is 25.8 Å². The second-order valence-electron chi connectivity index (χ2n) is 6.91. The Kier molecular flexibility index (Phi) is 7.12. The molecule has 1 heterocycles. The number of nitrogens with one attached hydrogen (secondary N) is 2. The maximum absolute atomic E-state index is 11.7. The maximum Gasteiger partial charge on any atom is 0.314 e. The lowest BCUT2D eigenvalue weighted by atomic mass is 9.89. The average Bonchev–Trinajstić information content (AvgIpc) is 3.15. The van der Waals surface area contributed by atoms with E-state index >= 15 is 0 Å². The van der Waals surface area contributed by atoms with E-state index in [1.165, 1.54) is 17.5 Å². The topological polar surface area (TPSA) is 59.6 Å². The zero-order chi connectivity index (χ0) is 17.3. The van der Waals surface area contributed by atoms with E-state index in [1.54, 1.807) is 0 Å². The largest absolute Gasteiger partial charge is 0.378 e. The van der Waals surface area contributed by atoms with Crippen molar-refractivity contribution in [2.45, 2.75) is 57.2 Å². The monoisotopic (exact) mass is 346 g/mol. The summed E-state index contributed by atoms with van der Waals surface area (Å²) in [6.07, 6.45) is 7.96. The highest BCUT2D eigenvalue weighted by atomic mass is 16.5. The van der Waals surface area contributed by atoms with Crippen molar-refractivity contribution < 1.29 is 14.3 Å². The molecule has 0 bridgehead atoms. The van der Waals surface area contributed by atoms with Crippen LogP contribution in [0.2, 0.25) is 0 Å². The second-order valence-corrected chi connectivity index (χ2v) is 6.91. The fourth-order valence-corrected chi connectivity index (χ4v) is 3.66. The van der Waals surface area contributed by atoms with Gasteiger partial charge in [-0.25, -0.2) is 4.79 Å². The molecule has 1 aliphatic carbocycles. The highest BCUT2D eigenvalue weighted by molar-refractivity contribution is 5.73. The van der Waals surface area contributed by atoms with Crippen molar-refractivity contribution in [3.05, 3.63) is 35.4 Å². The number of carbonyl (C=O) groups is 1. The highest BCUT2D eigenvalue weighted by Gasteiger charge is 2.20. The lowest BCUT2D eigenvalue weighted by molar-refractivity contribution is 0.0396. The van der Waals surface area contributed by atoms with Gasteiger partial charge in [0.1, 0.15) is 0 Å². The number of fused-ring (bicyclic) bond motifs is 1. The van der Waals surface area contributed by atoms with Crippen molar-refractivity contribution in [1.82, 2.24) is 10.6 Å². The van der Waals surface area contributed by atoms with E-state index < -0.39 is 0 Å². The summed E-state index contributed by atoms with van der Waals surface area (Å²) in [5.74, 6) is 0. The Morgan fingerprint density at radius 3 is 2.92 bits per heavy atom. The van der Waals surface area contributed by atoms with Crippen molar-refractivity contribution in [2.24, 2.45) is 0 Å². The molecule has 138 valence electrons. The predicted octanol–water partition coefficient (Wildman–Crippen LogP) is 3.34. The zero-order valence-corrected chi connectivity index (χ0v) is 15.0. The third-order valence-electron chi connectivity index (χ3n) is 5.02. The van der Waals surface area contributed by atoms with Crippen molar-refractivity contribution in [1.29, 1.82) is 0 Å². The molecule has 2 N–H and O–H groups in total. The SMILES string of the molecule is O=C(NCCCO[C@@H]1CCCc2ccccc21)NCC[C@@H]1CCCO1. The molecule has 2 atom stereocenters. The third-order valence-corrected chi connectivity index (χ3v) is 5.02. The second kappa shape index (κ2) is 9.78. The molecule has 5 heteroatoms. The molecule has 0 spiro atoms. The Morgan fingerprint density at radius 2 is 2.04 bits per heavy atom. The third kappa shape index (κ3) is 5.72. The van der Waals surface area contributed by atoms with Gasteiger partial charge in [0.25, 0.3) is 0 Å². The van der Waals surface area contributed by atoms with Crippen LogP contribution in [0.15, 0.2) is 24.3 Å². The molecular formula is C20H30N2O3. The molecule has 1 aromatic carbocycles. The van der Waals surface area contributed by atoms with Crippen LogP contribution in [0.5, 0.6) is 0 Å². The first-order chi connectivity index (χ1) is 12.3. The number of hydrogen-bond donors (Lipinski definition) is 2. The molecule has 1 aliphatic heterocycles. The van der Waals surface area contributed by atoms with Gasteiger partial charge in [-0.05, 0) is 56.1 Å². The number of aryl methyl sites for hydroxylation is 1. The van der Waals surface area contributed by atoms with E-state index in [4.69, 9.17) is 9.47 Å². The summed E-state index contributed by atoms with van der Waals surface area (Å²) < 4.78 is 11.6. The van der Waals surface area contributed by atoms with Gasteiger partial charge < -0.3 is 20.1 Å². The Bertz CT molecular complexity index is 543. The molecule has 3 rings (SSSR count). The lowest BCUT2D eigenvalue weighted by Gasteiger charge is -2.25. The summed E-state index contributed by atoms with van der Waals surface area (Å²) in [5, 5.41) is 5.79. The first-order valence-corrected chi connectivity index (χ1v) is 9.65. The van der Waals surface area contributed by atoms with Gasteiger partial charge in [0, 0.05) is 26.3 Å². The Balaban J connectivity index is 1.25. The average molecular weight is 346 g/mol. The fourth-order valence-electron chi connectivity index (χ4n) is 3.66. The quantitative estimate of drug-likeness (QED) is 0.710. The lowest BCUT2D eigenvalue weighted by Crippen LogP contribution is -2.37. The molecule has 0 unspecified atom stereocenters. The number of amides is 2. The highest BCUT2D eigenvalue weighted by Crippen LogP contribution is 2.32. The number of rotatable bonds is 8. The van der Waals surface area contributed by atoms with Crippen LogP contribution in [-0.2, 0) is 15.9 Å². The smallest absolute Gasteiger partial charge is 0.314 e. The van der Waals surface area contributed by atoms with Crippen molar-refractivity contribution >= 4 is 6.03 Å². The number of urea groups is 1. The molecular weight excluding hydrogens is 316 g/mol. The molecule has 1 saturated heterocycles. The number of hydrogen-bond acceptors (Lipinski definition) is 3. The summed E-state index contributed by atoms with van der Waals surface area (Å²) in [6.45, 7) is 2.85. The van der Waals surface area contributed by atoms with E-state index in [9.17, 15) is 4.79 Å². The normalized spacial score (nSPS) is 22.4. The molecule has 1 fully saturated rings. The molecule has 2 amide bonds. The van der Waals surface area contributed by atoms with Crippen LogP contribution in [0.1, 0.15) is 55.8 Å². The van der Waals surface area contributed by atoms with Gasteiger partial charge in [-0.3, -0.25) is 0 Å². The number of carbonyl (C=O) groups excluding carboxylic acids is 1. The summed E-state index contributed by atoms with van der Waals surface area (Å²) in [5.41, 5.74) is 2.76. The summed E-state index contributed by atoms with van der Waals surface area (Å²) in [7, 11) is 0. The summed E-state index contributed by atoms with van der Waals surface area (Å²) in [4.78, 5) is 11.7. The van der Waals surface area contributed by atoms with Gasteiger partial charge in [0.2, 0.25) is 0 Å². The summed E-state index contributed by atoms with van der Waals surface area (Å²) in [6, 6.07) is 8.47. The molecule has 0 saturated carbocycles. The molecule has 0 aromatic heterocycles. The fraction of sp³-hybridized carbons (Fsp3) is 0.650. The minimum Gasteiger partial charge on any atom is -0.378 e. The molecule has 25 heavy (non-hydrogen) atoms. The van der Waals surface area contributed by atoms with Gasteiger partial charge in [-0.2, -0.15) is 0 Å². The molecule has 1 aromatic rings. The van der Waals surface area contributed by atoms with Crippen LogP contribution in [0.4, 0.5) is 4.79 Å². The van der Waals surface area contributed by atoms with E-state index in [1.807, 2.05) is 0 Å². The van der Waals surface area contributed by atoms with Crippen LogP contribution in [0.3, 0.4) is 0 Å². The van der Waals surface area contributed by atoms with Gasteiger partial charge in [0.05, 0.1) is 12.2 Å². The van der Waals surface area contributed by atoms with Crippen molar-refractivity contribution in [3.8, 4) is 0 Å². The standard InChI is InChI=1S/C20H30N2O3/c23-20(22-13-11-17-8-4-14-24-17)21-12-5-15-25-19-10-3-7-16-6-1-2-9-18(16)19/h1-2,6,9,17,19H,3-5,7-8,10-15H2,(H2,21,22,23)/t17-,19+/m0/s1. The van der Waals surface area contributed by atoms with Crippen LogP contribution in [0, 0.1) is 0 Å². The van der Waals surface area contributed by atoms with Gasteiger partial charge in [-0.1, -0.05) is 24.3 Å². The maximum atomic E-state index is 11.7. The van der Waals surface area contributed by atoms with Crippen LogP contribution >= 0.6 is 0 Å². The predicted molar refractivity (Wildman–Crippen MR) is 97.7 cm³/mol. The zero-order valence-electron chi connectivity index (χ0n) is 15.0. The van der Waals surface area contributed by atoms with Crippen molar-refractivity contribution in [3.63, 3.8) is 0 Å². The number of benzene rings is 1. The number of ether oxygens (including phenoxy) is 2. The Hall–Kier alpha value is -1.59. The van der Waals surface area contributed by atoms with Gasteiger partial charge in [0.15, 0.2) is 0 Å². The Morgan fingerprint density at radius 1 is 1.16 bits per heavy atom. The van der Waals surface area contributed by atoms with Crippen LogP contribution in [0.25, 0.3) is 0 Å². The minimum atomic E-state index is -0.0963. The molecule has 2 aliphatic rings. The van der Waals surface area contributed by atoms with E-state index in [0.717, 1.165) is 45.1 Å². The van der Waals surface area contributed by atoms with E-state index in [-0.39, 0.29) is 12.1 Å². The minimum absolute atomic E-state index is 0.0963. The molecule has 5 nitrogen and oxygen atoms in total. The molecule has 0 radical (unpaired) electrons. The first-order valence-electron chi connectivity index (χ1n) is 9.65. The van der Waals surface area contributed by atoms with E-state index in [2.05, 4.69) is 34.9 Å². The first kappa shape index (κ1) is 18.2. The van der Waals surface area contributed by atoms with Crippen molar-refractivity contribution in [2.75, 3.05) is 26.3 Å². The van der Waals surface area contributed by atoms with Gasteiger partial charge in [-0.15, -0.1) is 0 Å². The Labute approximate surface area is 150 Å². The van der Waals surface area contributed by atoms with Gasteiger partial charge >= 0.3 is 6.03 Å². The van der Waals surface area contributed by atoms with Crippen LogP contribution in [-0.4, -0.2) is 38.4 Å². The van der Waals surface area contributed by atoms with Crippen LogP contribution < -0.4 is 10.6 Å².